The zero-order chi connectivity index (χ0) is 11.3. The van der Waals surface area contributed by atoms with Crippen LogP contribution in [-0.4, -0.2) is 12.5 Å². The molecule has 0 aliphatic rings. The van der Waals surface area contributed by atoms with Crippen LogP contribution in [0.3, 0.4) is 0 Å². The molecule has 1 aromatic carbocycles. The van der Waals surface area contributed by atoms with E-state index in [-0.39, 0.29) is 5.91 Å². The van der Waals surface area contributed by atoms with Gasteiger partial charge in [-0.15, -0.1) is 0 Å². The number of aryl methyl sites for hydroxylation is 1. The molecule has 0 radical (unpaired) electrons. The summed E-state index contributed by atoms with van der Waals surface area (Å²) in [4.78, 5) is 10.6. The molecule has 0 aliphatic carbocycles. The lowest BCUT2D eigenvalue weighted by atomic mass is 10.1. The Bertz CT molecular complexity index is 385. The maximum atomic E-state index is 10.6. The number of carbonyl (C=O) groups excluding carboxylic acids is 1. The number of benzene rings is 1. The topological polar surface area (TPSA) is 29.1 Å². The Kier molecular flexibility index (Phi) is 4.56. The van der Waals surface area contributed by atoms with Crippen LogP contribution in [0.1, 0.15) is 18.1 Å². The van der Waals surface area contributed by atoms with Gasteiger partial charge in [0.05, 0.1) is 0 Å². The summed E-state index contributed by atoms with van der Waals surface area (Å²) in [5.41, 5.74) is 2.34. The Hall–Kier alpha value is -1.09. The van der Waals surface area contributed by atoms with Crippen molar-refractivity contribution in [1.82, 2.24) is 5.32 Å². The van der Waals surface area contributed by atoms with E-state index in [1.54, 1.807) is 0 Å². The predicted molar refractivity (Wildman–Crippen MR) is 66.6 cm³/mol. The summed E-state index contributed by atoms with van der Waals surface area (Å²) in [6.07, 6.45) is 3.92. The molecule has 2 nitrogen and oxygen atoms in total. The first-order valence-corrected chi connectivity index (χ1v) is 5.56. The lowest BCUT2D eigenvalue weighted by Gasteiger charge is -1.99. The minimum Gasteiger partial charge on any atom is -0.353 e. The first kappa shape index (κ1) is 12.0. The normalized spacial score (nSPS) is 10.6. The summed E-state index contributed by atoms with van der Waals surface area (Å²) in [7, 11) is 0. The molecule has 80 valence electrons. The van der Waals surface area contributed by atoms with Crippen molar-refractivity contribution < 1.29 is 4.79 Å². The van der Waals surface area contributed by atoms with Gasteiger partial charge < -0.3 is 5.32 Å². The van der Waals surface area contributed by atoms with Gasteiger partial charge >= 0.3 is 0 Å². The Morgan fingerprint density at radius 1 is 1.53 bits per heavy atom. The summed E-state index contributed by atoms with van der Waals surface area (Å²) in [6.45, 7) is 4.13. The molecule has 0 fully saturated rings. The molecule has 0 atom stereocenters. The Morgan fingerprint density at radius 2 is 2.27 bits per heavy atom. The average Bonchev–Trinajstić information content (AvgIpc) is 2.18. The molecule has 0 aliphatic heterocycles. The van der Waals surface area contributed by atoms with E-state index in [0.29, 0.717) is 6.54 Å². The zero-order valence-corrected chi connectivity index (χ0v) is 10.5. The number of rotatable bonds is 3. The maximum Gasteiger partial charge on any atom is 0.217 e. The third-order valence-corrected chi connectivity index (χ3v) is 2.83. The van der Waals surface area contributed by atoms with Gasteiger partial charge in [-0.3, -0.25) is 4.79 Å². The molecule has 0 spiro atoms. The van der Waals surface area contributed by atoms with E-state index in [4.69, 9.17) is 0 Å². The molecule has 15 heavy (non-hydrogen) atoms. The minimum absolute atomic E-state index is 0.00950. The third-order valence-electron chi connectivity index (χ3n) is 1.98. The van der Waals surface area contributed by atoms with Gasteiger partial charge in [-0.05, 0) is 24.1 Å². The number of nitrogens with one attached hydrogen (secondary N) is 1. The van der Waals surface area contributed by atoms with Crippen molar-refractivity contribution >= 4 is 27.9 Å². The van der Waals surface area contributed by atoms with E-state index in [1.807, 2.05) is 18.2 Å². The molecule has 0 saturated carbocycles. The summed E-state index contributed by atoms with van der Waals surface area (Å²) in [6, 6.07) is 6.16. The van der Waals surface area contributed by atoms with Crippen LogP contribution in [0.2, 0.25) is 0 Å². The Morgan fingerprint density at radius 3 is 2.87 bits per heavy atom. The van der Waals surface area contributed by atoms with Gasteiger partial charge in [0.25, 0.3) is 0 Å². The van der Waals surface area contributed by atoms with Crippen molar-refractivity contribution in [1.29, 1.82) is 0 Å². The summed E-state index contributed by atoms with van der Waals surface area (Å²) >= 11 is 3.47. The lowest BCUT2D eigenvalue weighted by molar-refractivity contribution is -0.118. The number of hydrogen-bond donors (Lipinski definition) is 1. The van der Waals surface area contributed by atoms with E-state index in [2.05, 4.69) is 40.3 Å². The highest BCUT2D eigenvalue weighted by molar-refractivity contribution is 9.10. The van der Waals surface area contributed by atoms with Crippen molar-refractivity contribution in [3.63, 3.8) is 0 Å². The number of amides is 1. The van der Waals surface area contributed by atoms with Gasteiger partial charge in [0.15, 0.2) is 0 Å². The minimum atomic E-state index is -0.00950. The molecule has 1 aromatic rings. The van der Waals surface area contributed by atoms with Gasteiger partial charge in [0.2, 0.25) is 5.91 Å². The van der Waals surface area contributed by atoms with E-state index in [9.17, 15) is 4.79 Å². The van der Waals surface area contributed by atoms with Crippen molar-refractivity contribution in [3.05, 3.63) is 39.9 Å². The predicted octanol–water partition coefficient (Wildman–Crippen LogP) is 2.91. The highest BCUT2D eigenvalue weighted by Gasteiger charge is 1.93. The van der Waals surface area contributed by atoms with E-state index < -0.39 is 0 Å². The fraction of sp³-hybridized carbons (Fsp3) is 0.250. The summed E-state index contributed by atoms with van der Waals surface area (Å²) in [5.74, 6) is -0.00950. The standard InChI is InChI=1S/C12H14BrNO/c1-9-5-6-11(8-12(9)13)4-3-7-14-10(2)15/h3-6,8H,7H2,1-2H3,(H,14,15). The van der Waals surface area contributed by atoms with Crippen molar-refractivity contribution in [2.24, 2.45) is 0 Å². The van der Waals surface area contributed by atoms with Crippen LogP contribution in [0.4, 0.5) is 0 Å². The molecule has 0 aromatic heterocycles. The van der Waals surface area contributed by atoms with E-state index in [1.165, 1.54) is 12.5 Å². The van der Waals surface area contributed by atoms with Gasteiger partial charge in [-0.25, -0.2) is 0 Å². The van der Waals surface area contributed by atoms with Gasteiger partial charge in [0, 0.05) is 17.9 Å². The smallest absolute Gasteiger partial charge is 0.217 e. The fourth-order valence-electron chi connectivity index (χ4n) is 1.11. The molecule has 1 N–H and O–H groups in total. The second kappa shape index (κ2) is 5.71. The molecule has 0 bridgehead atoms. The first-order valence-electron chi connectivity index (χ1n) is 4.76. The number of hydrogen-bond acceptors (Lipinski definition) is 1. The van der Waals surface area contributed by atoms with E-state index >= 15 is 0 Å². The molecule has 0 heterocycles. The van der Waals surface area contributed by atoms with Crippen molar-refractivity contribution in [2.75, 3.05) is 6.54 Å². The number of halogens is 1. The second-order valence-electron chi connectivity index (χ2n) is 3.35. The van der Waals surface area contributed by atoms with Gasteiger partial charge in [-0.1, -0.05) is 40.2 Å². The van der Waals surface area contributed by atoms with Crippen LogP contribution in [0.15, 0.2) is 28.7 Å². The highest BCUT2D eigenvalue weighted by Crippen LogP contribution is 2.18. The van der Waals surface area contributed by atoms with Crippen LogP contribution in [0.5, 0.6) is 0 Å². The van der Waals surface area contributed by atoms with Crippen LogP contribution in [0.25, 0.3) is 6.08 Å². The first-order chi connectivity index (χ1) is 7.09. The van der Waals surface area contributed by atoms with E-state index in [0.717, 1.165) is 10.0 Å². The van der Waals surface area contributed by atoms with Crippen LogP contribution in [0, 0.1) is 6.92 Å². The maximum absolute atomic E-state index is 10.6. The quantitative estimate of drug-likeness (QED) is 0.897. The SMILES string of the molecule is CC(=O)NCC=Cc1ccc(C)c(Br)c1. The average molecular weight is 268 g/mol. The Balaban J connectivity index is 2.57. The third kappa shape index (κ3) is 4.30. The molecule has 0 saturated heterocycles. The molecular weight excluding hydrogens is 254 g/mol. The molecule has 3 heteroatoms. The molecule has 1 amide bonds. The summed E-state index contributed by atoms with van der Waals surface area (Å²) < 4.78 is 1.10. The van der Waals surface area contributed by atoms with Crippen molar-refractivity contribution in [2.45, 2.75) is 13.8 Å². The highest BCUT2D eigenvalue weighted by atomic mass is 79.9. The lowest BCUT2D eigenvalue weighted by Crippen LogP contribution is -2.19. The summed E-state index contributed by atoms with van der Waals surface area (Å²) in [5, 5.41) is 2.70. The van der Waals surface area contributed by atoms with Crippen LogP contribution >= 0.6 is 15.9 Å². The second-order valence-corrected chi connectivity index (χ2v) is 4.20. The van der Waals surface area contributed by atoms with Crippen molar-refractivity contribution in [3.8, 4) is 0 Å². The molecule has 0 unspecified atom stereocenters. The van der Waals surface area contributed by atoms with Crippen LogP contribution < -0.4 is 5.32 Å². The monoisotopic (exact) mass is 267 g/mol. The number of carbonyl (C=O) groups is 1. The Labute approximate surface area is 98.5 Å². The van der Waals surface area contributed by atoms with Gasteiger partial charge in [-0.2, -0.15) is 0 Å². The van der Waals surface area contributed by atoms with Crippen LogP contribution in [-0.2, 0) is 4.79 Å². The molecule has 1 rings (SSSR count). The largest absolute Gasteiger partial charge is 0.353 e. The van der Waals surface area contributed by atoms with Gasteiger partial charge in [0.1, 0.15) is 0 Å². The molecular formula is C12H14BrNO. The fourth-order valence-corrected chi connectivity index (χ4v) is 1.51. The zero-order valence-electron chi connectivity index (χ0n) is 8.88.